The largest absolute Gasteiger partial charge is 0.468 e. The summed E-state index contributed by atoms with van der Waals surface area (Å²) in [5.74, 6) is 0.672. The predicted molar refractivity (Wildman–Crippen MR) is 73.3 cm³/mol. The fourth-order valence-corrected chi connectivity index (χ4v) is 2.73. The van der Waals surface area contributed by atoms with Gasteiger partial charge in [-0.15, -0.1) is 0 Å². The van der Waals surface area contributed by atoms with Gasteiger partial charge in [0.25, 0.3) is 0 Å². The number of carbonyl (C=O) groups excluding carboxylic acids is 1. The summed E-state index contributed by atoms with van der Waals surface area (Å²) in [6, 6.07) is 0. The first-order chi connectivity index (χ1) is 9.61. The number of hydrogen-bond acceptors (Lipinski definition) is 6. The number of likely N-dealkylation sites (N-methyl/N-ethyl adjacent to an activating group) is 1. The lowest BCUT2D eigenvalue weighted by molar-refractivity contribution is -0.144. The molecule has 6 heteroatoms. The maximum atomic E-state index is 12.0. The first-order valence-electron chi connectivity index (χ1n) is 7.17. The Kier molecular flexibility index (Phi) is 5.11. The molecule has 0 bridgehead atoms. The molecule has 20 heavy (non-hydrogen) atoms. The van der Waals surface area contributed by atoms with E-state index in [2.05, 4.69) is 15.0 Å². The van der Waals surface area contributed by atoms with Gasteiger partial charge in [0, 0.05) is 13.0 Å². The van der Waals surface area contributed by atoms with Crippen LogP contribution in [0.5, 0.6) is 0 Å². The normalized spacial score (nSPS) is 17.6. The number of ether oxygens (including phenoxy) is 1. The topological polar surface area (TPSA) is 68.5 Å². The van der Waals surface area contributed by atoms with Crippen molar-refractivity contribution in [2.24, 2.45) is 5.92 Å². The van der Waals surface area contributed by atoms with Crippen LogP contribution in [0.1, 0.15) is 43.3 Å². The number of methoxy groups -OCH3 is 1. The minimum atomic E-state index is -0.400. The molecule has 1 fully saturated rings. The Morgan fingerprint density at radius 1 is 1.45 bits per heavy atom. The number of rotatable bonds is 6. The predicted octanol–water partition coefficient (Wildman–Crippen LogP) is 1.62. The van der Waals surface area contributed by atoms with E-state index in [0.29, 0.717) is 11.7 Å². The number of nitrogens with zero attached hydrogens (tertiary/aromatic N) is 3. The van der Waals surface area contributed by atoms with Crippen LogP contribution in [0.25, 0.3) is 0 Å². The average molecular weight is 281 g/mol. The maximum Gasteiger partial charge on any atom is 0.318 e. The summed E-state index contributed by atoms with van der Waals surface area (Å²) < 4.78 is 10.2. The molecule has 0 aromatic carbocycles. The van der Waals surface area contributed by atoms with Crippen molar-refractivity contribution in [2.45, 2.75) is 38.0 Å². The van der Waals surface area contributed by atoms with Gasteiger partial charge in [0.05, 0.1) is 7.11 Å². The minimum Gasteiger partial charge on any atom is -0.468 e. The molecule has 112 valence electrons. The van der Waals surface area contributed by atoms with Crippen molar-refractivity contribution in [2.75, 3.05) is 27.7 Å². The monoisotopic (exact) mass is 281 g/mol. The molecule has 1 aromatic rings. The molecule has 1 aliphatic rings. The molecule has 0 aliphatic heterocycles. The summed E-state index contributed by atoms with van der Waals surface area (Å²) in [6.45, 7) is 0.852. The molecule has 0 spiro atoms. The van der Waals surface area contributed by atoms with Crippen LogP contribution in [-0.4, -0.2) is 48.8 Å². The third-order valence-electron chi connectivity index (χ3n) is 3.86. The lowest BCUT2D eigenvalue weighted by Gasteiger charge is -2.16. The fraction of sp³-hybridized carbons (Fsp3) is 0.786. The van der Waals surface area contributed by atoms with Crippen molar-refractivity contribution < 1.29 is 14.1 Å². The third kappa shape index (κ3) is 3.56. The van der Waals surface area contributed by atoms with Gasteiger partial charge < -0.3 is 14.2 Å². The van der Waals surface area contributed by atoms with E-state index in [9.17, 15) is 4.79 Å². The SMILES string of the molecule is COC(=O)C(c1nc(CCN(C)C)no1)C1CCCC1. The quantitative estimate of drug-likeness (QED) is 0.738. The van der Waals surface area contributed by atoms with Crippen LogP contribution in [-0.2, 0) is 16.0 Å². The molecule has 1 atom stereocenters. The molecule has 1 unspecified atom stereocenters. The second-order valence-electron chi connectivity index (χ2n) is 5.65. The zero-order valence-corrected chi connectivity index (χ0v) is 12.5. The lowest BCUT2D eigenvalue weighted by Crippen LogP contribution is -2.22. The van der Waals surface area contributed by atoms with Crippen molar-refractivity contribution in [1.29, 1.82) is 0 Å². The summed E-state index contributed by atoms with van der Waals surface area (Å²) in [6.07, 6.45) is 5.07. The van der Waals surface area contributed by atoms with Gasteiger partial charge in [-0.05, 0) is 32.9 Å². The minimum absolute atomic E-state index is 0.264. The van der Waals surface area contributed by atoms with Crippen LogP contribution < -0.4 is 0 Å². The Morgan fingerprint density at radius 2 is 2.15 bits per heavy atom. The van der Waals surface area contributed by atoms with Gasteiger partial charge in [-0.3, -0.25) is 4.79 Å². The van der Waals surface area contributed by atoms with Crippen molar-refractivity contribution in [3.05, 3.63) is 11.7 Å². The standard InChI is InChI=1S/C14H23N3O3/c1-17(2)9-8-11-15-13(20-16-11)12(14(18)19-3)10-6-4-5-7-10/h10,12H,4-9H2,1-3H3. The van der Waals surface area contributed by atoms with E-state index >= 15 is 0 Å². The molecule has 1 saturated carbocycles. The molecule has 0 radical (unpaired) electrons. The smallest absolute Gasteiger partial charge is 0.318 e. The second kappa shape index (κ2) is 6.83. The van der Waals surface area contributed by atoms with Gasteiger partial charge in [0.15, 0.2) is 5.82 Å². The molecule has 2 rings (SSSR count). The van der Waals surface area contributed by atoms with Crippen molar-refractivity contribution in [3.8, 4) is 0 Å². The molecule has 0 amide bonds. The number of esters is 1. The summed E-state index contributed by atoms with van der Waals surface area (Å²) in [7, 11) is 5.40. The van der Waals surface area contributed by atoms with E-state index in [-0.39, 0.29) is 11.9 Å². The van der Waals surface area contributed by atoms with E-state index in [1.807, 2.05) is 14.1 Å². The molecular formula is C14H23N3O3. The van der Waals surface area contributed by atoms with Crippen LogP contribution in [0, 0.1) is 5.92 Å². The van der Waals surface area contributed by atoms with Crippen LogP contribution in [0.15, 0.2) is 4.52 Å². The Hall–Kier alpha value is -1.43. The van der Waals surface area contributed by atoms with E-state index in [0.717, 1.165) is 38.6 Å². The molecule has 1 aliphatic carbocycles. The van der Waals surface area contributed by atoms with Gasteiger partial charge in [0.1, 0.15) is 5.92 Å². The highest BCUT2D eigenvalue weighted by Gasteiger charge is 2.37. The molecule has 0 saturated heterocycles. The van der Waals surface area contributed by atoms with Gasteiger partial charge in [-0.2, -0.15) is 4.98 Å². The summed E-state index contributed by atoms with van der Waals surface area (Å²) >= 11 is 0. The van der Waals surface area contributed by atoms with Crippen LogP contribution in [0.2, 0.25) is 0 Å². The van der Waals surface area contributed by atoms with E-state index in [1.54, 1.807) is 0 Å². The molecule has 0 N–H and O–H groups in total. The van der Waals surface area contributed by atoms with Crippen molar-refractivity contribution in [1.82, 2.24) is 15.0 Å². The molecule has 6 nitrogen and oxygen atoms in total. The van der Waals surface area contributed by atoms with E-state index in [4.69, 9.17) is 9.26 Å². The Morgan fingerprint density at radius 3 is 2.75 bits per heavy atom. The van der Waals surface area contributed by atoms with Crippen LogP contribution >= 0.6 is 0 Å². The zero-order valence-electron chi connectivity index (χ0n) is 12.5. The summed E-state index contributed by atoms with van der Waals surface area (Å²) in [4.78, 5) is 18.5. The highest BCUT2D eigenvalue weighted by molar-refractivity contribution is 5.77. The Bertz CT molecular complexity index is 439. The molecule has 1 aromatic heterocycles. The van der Waals surface area contributed by atoms with Gasteiger partial charge in [0.2, 0.25) is 5.89 Å². The highest BCUT2D eigenvalue weighted by atomic mass is 16.5. The summed E-state index contributed by atoms with van der Waals surface area (Å²) in [5, 5.41) is 3.98. The summed E-state index contributed by atoms with van der Waals surface area (Å²) in [5.41, 5.74) is 0. The van der Waals surface area contributed by atoms with Gasteiger partial charge >= 0.3 is 5.97 Å². The van der Waals surface area contributed by atoms with E-state index < -0.39 is 5.92 Å². The number of carbonyl (C=O) groups is 1. The van der Waals surface area contributed by atoms with Crippen LogP contribution in [0.3, 0.4) is 0 Å². The highest BCUT2D eigenvalue weighted by Crippen LogP contribution is 2.37. The fourth-order valence-electron chi connectivity index (χ4n) is 2.73. The third-order valence-corrected chi connectivity index (χ3v) is 3.86. The lowest BCUT2D eigenvalue weighted by atomic mass is 9.91. The zero-order chi connectivity index (χ0) is 14.5. The van der Waals surface area contributed by atoms with Crippen molar-refractivity contribution >= 4 is 5.97 Å². The van der Waals surface area contributed by atoms with Gasteiger partial charge in [-0.25, -0.2) is 0 Å². The molecular weight excluding hydrogens is 258 g/mol. The first-order valence-corrected chi connectivity index (χ1v) is 7.17. The number of aromatic nitrogens is 2. The Labute approximate surface area is 119 Å². The number of hydrogen-bond donors (Lipinski definition) is 0. The van der Waals surface area contributed by atoms with E-state index in [1.165, 1.54) is 7.11 Å². The Balaban J connectivity index is 2.10. The average Bonchev–Trinajstić information content (AvgIpc) is 3.08. The van der Waals surface area contributed by atoms with Crippen molar-refractivity contribution in [3.63, 3.8) is 0 Å². The maximum absolute atomic E-state index is 12.0. The van der Waals surface area contributed by atoms with Crippen LogP contribution in [0.4, 0.5) is 0 Å². The second-order valence-corrected chi connectivity index (χ2v) is 5.65. The molecule has 1 heterocycles. The first kappa shape index (κ1) is 15.0. The van der Waals surface area contributed by atoms with Gasteiger partial charge in [-0.1, -0.05) is 18.0 Å².